The first-order valence-electron chi connectivity index (χ1n) is 9.71. The molecule has 31 heavy (non-hydrogen) atoms. The molecule has 3 aromatic rings. The van der Waals surface area contributed by atoms with E-state index in [0.29, 0.717) is 37.7 Å². The van der Waals surface area contributed by atoms with Crippen LogP contribution in [0.1, 0.15) is 11.4 Å². The van der Waals surface area contributed by atoms with Crippen molar-refractivity contribution in [1.82, 2.24) is 25.1 Å². The lowest BCUT2D eigenvalue weighted by Crippen LogP contribution is -2.44. The third-order valence-electron chi connectivity index (χ3n) is 5.10. The Balaban J connectivity index is 1.39. The summed E-state index contributed by atoms with van der Waals surface area (Å²) in [6.07, 6.45) is -0.603. The molecule has 0 bridgehead atoms. The Labute approximate surface area is 177 Å². The van der Waals surface area contributed by atoms with E-state index in [1.807, 2.05) is 41.4 Å². The number of anilines is 1. The molecule has 0 radical (unpaired) electrons. The Bertz CT molecular complexity index is 1040. The molecular formula is C21H21F3N6O. The van der Waals surface area contributed by atoms with Gasteiger partial charge in [-0.15, -0.1) is 5.10 Å². The number of tetrazole rings is 1. The Morgan fingerprint density at radius 1 is 0.968 bits per heavy atom. The number of hydrogen-bond donors (Lipinski definition) is 0. The predicted molar refractivity (Wildman–Crippen MR) is 110 cm³/mol. The maximum Gasteiger partial charge on any atom is 0.416 e. The second-order valence-corrected chi connectivity index (χ2v) is 7.03. The zero-order valence-electron chi connectivity index (χ0n) is 16.8. The molecule has 1 saturated heterocycles. The molecule has 0 amide bonds. The van der Waals surface area contributed by atoms with Gasteiger partial charge in [0.05, 0.1) is 18.4 Å². The zero-order valence-corrected chi connectivity index (χ0v) is 16.8. The van der Waals surface area contributed by atoms with E-state index in [1.165, 1.54) is 12.1 Å². The van der Waals surface area contributed by atoms with Crippen LogP contribution in [0.15, 0.2) is 54.7 Å². The van der Waals surface area contributed by atoms with E-state index in [2.05, 4.69) is 20.4 Å². The molecule has 7 nitrogen and oxygen atoms in total. The fourth-order valence-corrected chi connectivity index (χ4v) is 3.39. The highest BCUT2D eigenvalue weighted by atomic mass is 19.4. The summed E-state index contributed by atoms with van der Waals surface area (Å²) in [7, 11) is 1.60. The van der Waals surface area contributed by atoms with Crippen LogP contribution in [0, 0.1) is 0 Å². The van der Waals surface area contributed by atoms with Crippen LogP contribution in [0.3, 0.4) is 0 Å². The van der Waals surface area contributed by atoms with Gasteiger partial charge < -0.3 is 14.5 Å². The minimum absolute atomic E-state index is 0.575. The van der Waals surface area contributed by atoms with Crippen molar-refractivity contribution in [3.63, 3.8) is 0 Å². The number of ether oxygens (including phenoxy) is 1. The van der Waals surface area contributed by atoms with Crippen molar-refractivity contribution < 1.29 is 17.9 Å². The summed E-state index contributed by atoms with van der Waals surface area (Å²) in [5.74, 6) is 1.32. The first kappa shape index (κ1) is 20.7. The highest BCUT2D eigenvalue weighted by molar-refractivity contribution is 5.50. The van der Waals surface area contributed by atoms with Crippen molar-refractivity contribution in [3.05, 3.63) is 66.1 Å². The van der Waals surface area contributed by atoms with Gasteiger partial charge in [0.15, 0.2) is 5.82 Å². The van der Waals surface area contributed by atoms with E-state index in [0.717, 1.165) is 17.5 Å². The molecule has 0 aliphatic carbocycles. The molecule has 1 aromatic heterocycles. The van der Waals surface area contributed by atoms with Crippen LogP contribution in [-0.2, 0) is 6.18 Å². The minimum atomic E-state index is -4.34. The predicted octanol–water partition coefficient (Wildman–Crippen LogP) is 3.48. The Hall–Kier alpha value is -3.56. The number of benzene rings is 2. The molecular weight excluding hydrogens is 409 g/mol. The number of methoxy groups -OCH3 is 1. The van der Waals surface area contributed by atoms with Crippen LogP contribution < -0.4 is 9.64 Å². The minimum Gasteiger partial charge on any atom is -0.497 e. The summed E-state index contributed by atoms with van der Waals surface area (Å²) in [5.41, 5.74) is 0.763. The summed E-state index contributed by atoms with van der Waals surface area (Å²) in [5, 5.41) is 11.8. The number of aromatic nitrogens is 4. The first-order chi connectivity index (χ1) is 14.9. The highest BCUT2D eigenvalue weighted by Gasteiger charge is 2.31. The van der Waals surface area contributed by atoms with Crippen LogP contribution in [0.5, 0.6) is 5.75 Å². The van der Waals surface area contributed by atoms with E-state index < -0.39 is 11.7 Å². The van der Waals surface area contributed by atoms with Crippen molar-refractivity contribution in [2.45, 2.75) is 6.18 Å². The van der Waals surface area contributed by atoms with Gasteiger partial charge in [-0.1, -0.05) is 6.07 Å². The standard InChI is InChI=1S/C21H21F3N6O/c1-31-19-7-5-17(6-8-19)30-20(25-26-27-30)9-10-28-11-13-29(14-12-28)18-4-2-3-16(15-18)21(22,23)24/h2-10,15H,11-14H2,1H3/b10-9-. The molecule has 2 aromatic carbocycles. The Kier molecular flexibility index (Phi) is 5.79. The van der Waals surface area contributed by atoms with Crippen LogP contribution in [-0.4, -0.2) is 58.4 Å². The van der Waals surface area contributed by atoms with Gasteiger partial charge in [0.25, 0.3) is 0 Å². The number of rotatable bonds is 5. The molecule has 4 rings (SSSR count). The molecule has 1 aliphatic heterocycles. The number of piperazine rings is 1. The van der Waals surface area contributed by atoms with Gasteiger partial charge in [0.2, 0.25) is 0 Å². The van der Waals surface area contributed by atoms with Crippen molar-refractivity contribution in [1.29, 1.82) is 0 Å². The van der Waals surface area contributed by atoms with Crippen LogP contribution in [0.2, 0.25) is 0 Å². The SMILES string of the molecule is COc1ccc(-n2nnnc2/C=C\N2CCN(c3cccc(C(F)(F)F)c3)CC2)cc1. The lowest BCUT2D eigenvalue weighted by atomic mass is 10.1. The molecule has 1 fully saturated rings. The third kappa shape index (κ3) is 4.79. The van der Waals surface area contributed by atoms with Crippen LogP contribution in [0.4, 0.5) is 18.9 Å². The average Bonchev–Trinajstić information content (AvgIpc) is 3.26. The van der Waals surface area contributed by atoms with E-state index in [-0.39, 0.29) is 0 Å². The van der Waals surface area contributed by atoms with Gasteiger partial charge in [0, 0.05) is 44.1 Å². The largest absolute Gasteiger partial charge is 0.497 e. The fraction of sp³-hybridized carbons (Fsp3) is 0.286. The third-order valence-corrected chi connectivity index (χ3v) is 5.10. The summed E-state index contributed by atoms with van der Waals surface area (Å²) in [6.45, 7) is 2.60. The van der Waals surface area contributed by atoms with Gasteiger partial charge in [0.1, 0.15) is 5.75 Å². The average molecular weight is 430 g/mol. The van der Waals surface area contributed by atoms with Crippen molar-refractivity contribution in [2.24, 2.45) is 0 Å². The number of alkyl halides is 3. The maximum absolute atomic E-state index is 13.0. The van der Waals surface area contributed by atoms with Gasteiger partial charge in [-0.3, -0.25) is 0 Å². The Morgan fingerprint density at radius 3 is 2.39 bits per heavy atom. The van der Waals surface area contributed by atoms with Gasteiger partial charge in [-0.2, -0.15) is 17.9 Å². The monoisotopic (exact) mass is 430 g/mol. The Morgan fingerprint density at radius 2 is 1.71 bits per heavy atom. The molecule has 10 heteroatoms. The first-order valence-corrected chi connectivity index (χ1v) is 9.71. The second kappa shape index (κ2) is 8.66. The molecule has 0 N–H and O–H groups in total. The molecule has 0 unspecified atom stereocenters. The number of halogens is 3. The molecule has 1 aliphatic rings. The zero-order chi connectivity index (χ0) is 21.8. The van der Waals surface area contributed by atoms with E-state index in [9.17, 15) is 13.2 Å². The van der Waals surface area contributed by atoms with Crippen molar-refractivity contribution in [2.75, 3.05) is 38.2 Å². The molecule has 0 saturated carbocycles. The van der Waals surface area contributed by atoms with Gasteiger partial charge >= 0.3 is 6.18 Å². The fourth-order valence-electron chi connectivity index (χ4n) is 3.39. The molecule has 2 heterocycles. The maximum atomic E-state index is 13.0. The smallest absolute Gasteiger partial charge is 0.416 e. The molecule has 0 atom stereocenters. The second-order valence-electron chi connectivity index (χ2n) is 7.03. The van der Waals surface area contributed by atoms with Crippen LogP contribution >= 0.6 is 0 Å². The van der Waals surface area contributed by atoms with Gasteiger partial charge in [-0.05, 0) is 52.9 Å². The quantitative estimate of drug-likeness (QED) is 0.618. The number of nitrogens with zero attached hydrogens (tertiary/aromatic N) is 6. The van der Waals surface area contributed by atoms with Crippen LogP contribution in [0.25, 0.3) is 11.8 Å². The van der Waals surface area contributed by atoms with Crippen molar-refractivity contribution in [3.8, 4) is 11.4 Å². The van der Waals surface area contributed by atoms with E-state index in [4.69, 9.17) is 4.74 Å². The van der Waals surface area contributed by atoms with Crippen molar-refractivity contribution >= 4 is 11.8 Å². The topological polar surface area (TPSA) is 59.3 Å². The summed E-state index contributed by atoms with van der Waals surface area (Å²) in [6, 6.07) is 12.8. The summed E-state index contributed by atoms with van der Waals surface area (Å²) < 4.78 is 45.7. The lowest BCUT2D eigenvalue weighted by molar-refractivity contribution is -0.137. The normalized spacial score (nSPS) is 15.0. The number of hydrogen-bond acceptors (Lipinski definition) is 6. The molecule has 0 spiro atoms. The summed E-state index contributed by atoms with van der Waals surface area (Å²) >= 11 is 0. The lowest BCUT2D eigenvalue weighted by Gasteiger charge is -2.35. The van der Waals surface area contributed by atoms with E-state index >= 15 is 0 Å². The highest BCUT2D eigenvalue weighted by Crippen LogP contribution is 2.31. The van der Waals surface area contributed by atoms with E-state index in [1.54, 1.807) is 17.9 Å². The van der Waals surface area contributed by atoms with Gasteiger partial charge in [-0.25, -0.2) is 0 Å². The molecule has 162 valence electrons. The summed E-state index contributed by atoms with van der Waals surface area (Å²) in [4.78, 5) is 4.05.